The number of benzene rings is 1. The lowest BCUT2D eigenvalue weighted by Gasteiger charge is -2.36. The van der Waals surface area contributed by atoms with Crippen molar-refractivity contribution in [3.05, 3.63) is 29.8 Å². The fraction of sp³-hybridized carbons (Fsp3) is 0.562. The lowest BCUT2D eigenvalue weighted by atomic mass is 10.2. The number of nitrogens with zero attached hydrogens (tertiary/aromatic N) is 2. The molecule has 2 aliphatic rings. The molecular formula is C16H21F2N3O. The Morgan fingerprint density at radius 2 is 1.91 bits per heavy atom. The second-order valence-electron chi connectivity index (χ2n) is 6.04. The summed E-state index contributed by atoms with van der Waals surface area (Å²) in [4.78, 5) is 15.7. The van der Waals surface area contributed by atoms with E-state index in [2.05, 4.69) is 5.32 Å². The summed E-state index contributed by atoms with van der Waals surface area (Å²) in [6, 6.07) is 3.47. The van der Waals surface area contributed by atoms with Crippen molar-refractivity contribution in [1.29, 1.82) is 0 Å². The number of amides is 1. The van der Waals surface area contributed by atoms with Crippen molar-refractivity contribution in [2.75, 3.05) is 44.2 Å². The minimum atomic E-state index is -0.445. The molecule has 22 heavy (non-hydrogen) atoms. The Morgan fingerprint density at radius 1 is 1.18 bits per heavy atom. The number of hydrogen-bond acceptors (Lipinski definition) is 3. The molecule has 0 spiro atoms. The van der Waals surface area contributed by atoms with Crippen LogP contribution in [-0.2, 0) is 4.79 Å². The van der Waals surface area contributed by atoms with E-state index in [0.29, 0.717) is 32.7 Å². The zero-order valence-electron chi connectivity index (χ0n) is 12.5. The van der Waals surface area contributed by atoms with Crippen LogP contribution in [0.5, 0.6) is 0 Å². The highest BCUT2D eigenvalue weighted by atomic mass is 19.1. The third-order valence-corrected chi connectivity index (χ3v) is 4.29. The number of anilines is 1. The Labute approximate surface area is 129 Å². The zero-order chi connectivity index (χ0) is 15.5. The fourth-order valence-corrected chi connectivity index (χ4v) is 2.74. The molecular weight excluding hydrogens is 288 g/mol. The third-order valence-electron chi connectivity index (χ3n) is 4.29. The average molecular weight is 309 g/mol. The van der Waals surface area contributed by atoms with Crippen molar-refractivity contribution < 1.29 is 13.6 Å². The van der Waals surface area contributed by atoms with Gasteiger partial charge in [0.15, 0.2) is 0 Å². The second-order valence-corrected chi connectivity index (χ2v) is 6.04. The Kier molecular flexibility index (Phi) is 4.57. The minimum Gasteiger partial charge on any atom is -0.366 e. The van der Waals surface area contributed by atoms with Crippen molar-refractivity contribution in [3.8, 4) is 0 Å². The van der Waals surface area contributed by atoms with Gasteiger partial charge in [0.05, 0.1) is 12.2 Å². The molecule has 1 aliphatic heterocycles. The monoisotopic (exact) mass is 309 g/mol. The average Bonchev–Trinajstić information content (AvgIpc) is 3.34. The molecule has 6 heteroatoms. The summed E-state index contributed by atoms with van der Waals surface area (Å²) in [5, 5.41) is 3.19. The van der Waals surface area contributed by atoms with Gasteiger partial charge in [-0.1, -0.05) is 0 Å². The summed E-state index contributed by atoms with van der Waals surface area (Å²) >= 11 is 0. The van der Waals surface area contributed by atoms with Crippen LogP contribution in [0.1, 0.15) is 12.8 Å². The van der Waals surface area contributed by atoms with Gasteiger partial charge in [0.25, 0.3) is 0 Å². The largest absolute Gasteiger partial charge is 0.366 e. The zero-order valence-corrected chi connectivity index (χ0v) is 12.5. The molecule has 1 aromatic carbocycles. The number of carbonyl (C=O) groups is 1. The van der Waals surface area contributed by atoms with Gasteiger partial charge in [0, 0.05) is 32.2 Å². The van der Waals surface area contributed by atoms with E-state index in [1.54, 1.807) is 9.80 Å². The summed E-state index contributed by atoms with van der Waals surface area (Å²) in [5.41, 5.74) is 0.277. The highest BCUT2D eigenvalue weighted by molar-refractivity contribution is 5.78. The van der Waals surface area contributed by atoms with Crippen molar-refractivity contribution in [2.45, 2.75) is 12.8 Å². The molecule has 3 rings (SSSR count). The van der Waals surface area contributed by atoms with Crippen LogP contribution >= 0.6 is 0 Å². The van der Waals surface area contributed by atoms with E-state index < -0.39 is 11.6 Å². The molecule has 1 N–H and O–H groups in total. The smallest absolute Gasteiger partial charge is 0.236 e. The molecule has 1 amide bonds. The van der Waals surface area contributed by atoms with Crippen LogP contribution < -0.4 is 10.2 Å². The molecule has 0 radical (unpaired) electrons. The molecule has 1 saturated heterocycles. The third kappa shape index (κ3) is 3.74. The van der Waals surface area contributed by atoms with E-state index in [4.69, 9.17) is 0 Å². The molecule has 1 heterocycles. The highest BCUT2D eigenvalue weighted by Gasteiger charge is 2.24. The van der Waals surface area contributed by atoms with Gasteiger partial charge >= 0.3 is 0 Å². The molecule has 0 aromatic heterocycles. The van der Waals surface area contributed by atoms with Crippen LogP contribution in [0.3, 0.4) is 0 Å². The lowest BCUT2D eigenvalue weighted by molar-refractivity contribution is -0.130. The first-order valence-corrected chi connectivity index (χ1v) is 7.82. The first-order chi connectivity index (χ1) is 10.6. The van der Waals surface area contributed by atoms with Gasteiger partial charge < -0.3 is 15.1 Å². The Balaban J connectivity index is 1.48. The Morgan fingerprint density at radius 3 is 2.59 bits per heavy atom. The van der Waals surface area contributed by atoms with Crippen LogP contribution in [-0.4, -0.2) is 50.1 Å². The second kappa shape index (κ2) is 6.60. The number of halogens is 2. The number of hydrogen-bond donors (Lipinski definition) is 1. The predicted octanol–water partition coefficient (Wildman–Crippen LogP) is 1.61. The topological polar surface area (TPSA) is 35.6 Å². The maximum Gasteiger partial charge on any atom is 0.236 e. The quantitative estimate of drug-likeness (QED) is 0.898. The van der Waals surface area contributed by atoms with Gasteiger partial charge in [0.1, 0.15) is 11.6 Å². The molecule has 1 saturated carbocycles. The number of piperazine rings is 1. The summed E-state index contributed by atoms with van der Waals surface area (Å²) in [6.07, 6.45) is 2.53. The lowest BCUT2D eigenvalue weighted by Crippen LogP contribution is -2.51. The number of carbonyl (C=O) groups excluding carboxylic acids is 1. The number of nitrogens with one attached hydrogen (secondary N) is 1. The molecule has 0 atom stereocenters. The molecule has 1 aliphatic carbocycles. The van der Waals surface area contributed by atoms with Gasteiger partial charge in [-0.3, -0.25) is 4.79 Å². The molecule has 2 fully saturated rings. The van der Waals surface area contributed by atoms with Crippen LogP contribution in [0.2, 0.25) is 0 Å². The van der Waals surface area contributed by atoms with Crippen LogP contribution in [0.25, 0.3) is 0 Å². The van der Waals surface area contributed by atoms with E-state index in [1.165, 1.54) is 18.9 Å². The van der Waals surface area contributed by atoms with Crippen LogP contribution in [0.4, 0.5) is 14.5 Å². The maximum absolute atomic E-state index is 13.8. The van der Waals surface area contributed by atoms with Gasteiger partial charge in [-0.2, -0.15) is 0 Å². The summed E-state index contributed by atoms with van der Waals surface area (Å²) in [7, 11) is 0. The van der Waals surface area contributed by atoms with E-state index in [1.807, 2.05) is 0 Å². The summed E-state index contributed by atoms with van der Waals surface area (Å²) < 4.78 is 27.0. The molecule has 0 bridgehead atoms. The van der Waals surface area contributed by atoms with Crippen molar-refractivity contribution in [3.63, 3.8) is 0 Å². The van der Waals surface area contributed by atoms with Crippen LogP contribution in [0.15, 0.2) is 18.2 Å². The first-order valence-electron chi connectivity index (χ1n) is 7.82. The standard InChI is InChI=1S/C16H21F2N3O/c17-13-3-4-14(18)15(9-13)20-5-7-21(8-6-20)16(22)11-19-10-12-1-2-12/h3-4,9,12,19H,1-2,5-8,10-11H2. The van der Waals surface area contributed by atoms with Gasteiger partial charge in [-0.05, 0) is 37.4 Å². The van der Waals surface area contributed by atoms with E-state index >= 15 is 0 Å². The normalized spacial score (nSPS) is 18.6. The molecule has 1 aromatic rings. The van der Waals surface area contributed by atoms with E-state index in [0.717, 1.165) is 24.6 Å². The Hall–Kier alpha value is -1.69. The van der Waals surface area contributed by atoms with Crippen molar-refractivity contribution in [2.24, 2.45) is 5.92 Å². The van der Waals surface area contributed by atoms with Crippen molar-refractivity contribution >= 4 is 11.6 Å². The minimum absolute atomic E-state index is 0.0833. The first kappa shape index (κ1) is 15.2. The van der Waals surface area contributed by atoms with Gasteiger partial charge in [-0.25, -0.2) is 8.78 Å². The summed E-state index contributed by atoms with van der Waals surface area (Å²) in [6.45, 7) is 3.41. The van der Waals surface area contributed by atoms with Gasteiger partial charge in [0.2, 0.25) is 5.91 Å². The molecule has 120 valence electrons. The van der Waals surface area contributed by atoms with E-state index in [-0.39, 0.29) is 11.6 Å². The Bertz CT molecular complexity index is 540. The fourth-order valence-electron chi connectivity index (χ4n) is 2.74. The van der Waals surface area contributed by atoms with Crippen LogP contribution in [0, 0.1) is 17.6 Å². The molecule has 0 unspecified atom stereocenters. The van der Waals surface area contributed by atoms with Gasteiger partial charge in [-0.15, -0.1) is 0 Å². The highest BCUT2D eigenvalue weighted by Crippen LogP contribution is 2.27. The number of rotatable bonds is 5. The van der Waals surface area contributed by atoms with Crippen molar-refractivity contribution in [1.82, 2.24) is 10.2 Å². The van der Waals surface area contributed by atoms with E-state index in [9.17, 15) is 13.6 Å². The SMILES string of the molecule is O=C(CNCC1CC1)N1CCN(c2cc(F)ccc2F)CC1. The molecule has 4 nitrogen and oxygen atoms in total. The predicted molar refractivity (Wildman–Crippen MR) is 80.7 cm³/mol. The summed E-state index contributed by atoms with van der Waals surface area (Å²) in [5.74, 6) is -0.0351. The maximum atomic E-state index is 13.8.